The number of amides is 1. The van der Waals surface area contributed by atoms with Crippen LogP contribution in [0, 0.1) is 6.57 Å². The number of nitrogens with one attached hydrogen (secondary N) is 2. The van der Waals surface area contributed by atoms with Crippen LogP contribution >= 0.6 is 35.0 Å². The molecule has 0 aliphatic rings. The van der Waals surface area contributed by atoms with Gasteiger partial charge in [-0.1, -0.05) is 47.1 Å². The molecular formula is C24H19Cl2N7O3S. The number of nitrogens with zero attached hydrogens (tertiary/aromatic N) is 5. The van der Waals surface area contributed by atoms with Crippen molar-refractivity contribution >= 4 is 52.5 Å². The molecule has 2 aromatic carbocycles. The minimum absolute atomic E-state index is 0.0735. The van der Waals surface area contributed by atoms with E-state index in [2.05, 4.69) is 30.2 Å². The zero-order chi connectivity index (χ0) is 26.4. The molecule has 10 nitrogen and oxygen atoms in total. The largest absolute Gasteiger partial charge is 0.497 e. The van der Waals surface area contributed by atoms with Crippen molar-refractivity contribution in [2.24, 2.45) is 0 Å². The summed E-state index contributed by atoms with van der Waals surface area (Å²) in [6.07, 6.45) is 2.19. The average Bonchev–Trinajstić information content (AvgIpc) is 3.34. The highest BCUT2D eigenvalue weighted by Crippen LogP contribution is 2.29. The zero-order valence-electron chi connectivity index (χ0n) is 19.4. The first kappa shape index (κ1) is 26.2. The van der Waals surface area contributed by atoms with E-state index in [9.17, 15) is 9.59 Å². The standard InChI is InChI=1S/C24H19Cl2N7O3S/c1-27-20-19(14-5-3-6-16(11-14)36-2)29-24(31-22(20)35)37-10-4-9-33-13-28-23(32-33)30-21(34)15-7-8-17(25)18(26)12-15/h3,5-8,11-13H,4,9-10H2,2H3,(H,29,31,35)(H,30,32,34). The Morgan fingerprint density at radius 2 is 2.08 bits per heavy atom. The number of thioether (sulfide) groups is 1. The Kier molecular flexibility index (Phi) is 8.45. The molecule has 0 radical (unpaired) electrons. The van der Waals surface area contributed by atoms with Crippen LogP contribution in [0.15, 0.2) is 58.7 Å². The molecule has 0 atom stereocenters. The van der Waals surface area contributed by atoms with Crippen LogP contribution in [0.25, 0.3) is 16.1 Å². The van der Waals surface area contributed by atoms with Crippen LogP contribution in [0.4, 0.5) is 11.6 Å². The maximum absolute atomic E-state index is 12.5. The second-order valence-corrected chi connectivity index (χ2v) is 9.43. The molecular weight excluding hydrogens is 537 g/mol. The molecule has 0 bridgehead atoms. The number of aromatic nitrogens is 5. The summed E-state index contributed by atoms with van der Waals surface area (Å²) >= 11 is 13.2. The normalized spacial score (nSPS) is 10.6. The Morgan fingerprint density at radius 1 is 1.24 bits per heavy atom. The first-order valence-electron chi connectivity index (χ1n) is 10.8. The SMILES string of the molecule is [C-]#[N+]c1c(-c2cccc(OC)c2)nc(SCCCn2cnc(NC(=O)c3ccc(Cl)c(Cl)c3)n2)[nH]c1=O. The van der Waals surface area contributed by atoms with Crippen molar-refractivity contribution in [2.75, 3.05) is 18.2 Å². The Bertz CT molecular complexity index is 1550. The molecule has 0 aliphatic carbocycles. The van der Waals surface area contributed by atoms with Crippen molar-refractivity contribution in [1.82, 2.24) is 24.7 Å². The molecule has 37 heavy (non-hydrogen) atoms. The molecule has 0 unspecified atom stereocenters. The fraction of sp³-hybridized carbons (Fsp3) is 0.167. The van der Waals surface area contributed by atoms with Crippen LogP contribution in [0.1, 0.15) is 16.8 Å². The number of ether oxygens (including phenoxy) is 1. The van der Waals surface area contributed by atoms with Gasteiger partial charge in [0.15, 0.2) is 5.16 Å². The topological polar surface area (TPSA) is 119 Å². The molecule has 0 saturated heterocycles. The minimum atomic E-state index is -0.496. The highest BCUT2D eigenvalue weighted by molar-refractivity contribution is 7.99. The number of carbonyl (C=O) groups excluding carboxylic acids is 1. The lowest BCUT2D eigenvalue weighted by molar-refractivity contribution is 0.102. The van der Waals surface area contributed by atoms with Crippen molar-refractivity contribution < 1.29 is 9.53 Å². The summed E-state index contributed by atoms with van der Waals surface area (Å²) < 4.78 is 6.85. The van der Waals surface area contributed by atoms with E-state index in [4.69, 9.17) is 34.5 Å². The minimum Gasteiger partial charge on any atom is -0.497 e. The maximum atomic E-state index is 12.5. The smallest absolute Gasteiger partial charge is 0.276 e. The number of aryl methyl sites for hydroxylation is 1. The van der Waals surface area contributed by atoms with Crippen LogP contribution in [-0.4, -0.2) is 43.5 Å². The number of anilines is 1. The third-order valence-electron chi connectivity index (χ3n) is 5.04. The first-order chi connectivity index (χ1) is 17.9. The van der Waals surface area contributed by atoms with E-state index in [1.54, 1.807) is 48.2 Å². The summed E-state index contributed by atoms with van der Waals surface area (Å²) in [7, 11) is 1.54. The van der Waals surface area contributed by atoms with Gasteiger partial charge >= 0.3 is 0 Å². The van der Waals surface area contributed by atoms with E-state index in [0.717, 1.165) is 0 Å². The van der Waals surface area contributed by atoms with Gasteiger partial charge in [0, 0.05) is 17.9 Å². The average molecular weight is 556 g/mol. The summed E-state index contributed by atoms with van der Waals surface area (Å²) in [5.74, 6) is 0.969. The van der Waals surface area contributed by atoms with Gasteiger partial charge < -0.3 is 9.72 Å². The number of aromatic amines is 1. The molecule has 0 saturated carbocycles. The van der Waals surface area contributed by atoms with Crippen molar-refractivity contribution in [1.29, 1.82) is 0 Å². The quantitative estimate of drug-likeness (QED) is 0.124. The molecule has 4 aromatic rings. The van der Waals surface area contributed by atoms with Gasteiger partial charge in [0.1, 0.15) is 12.1 Å². The second kappa shape index (κ2) is 11.9. The van der Waals surface area contributed by atoms with E-state index >= 15 is 0 Å². The van der Waals surface area contributed by atoms with Gasteiger partial charge in [-0.05, 0) is 42.3 Å². The molecule has 0 fully saturated rings. The number of benzene rings is 2. The van der Waals surface area contributed by atoms with Crippen molar-refractivity contribution in [3.63, 3.8) is 0 Å². The summed E-state index contributed by atoms with van der Waals surface area (Å²) in [5.41, 5.74) is 0.691. The van der Waals surface area contributed by atoms with Gasteiger partial charge in [-0.3, -0.25) is 19.6 Å². The number of rotatable bonds is 9. The lowest BCUT2D eigenvalue weighted by Crippen LogP contribution is -2.13. The summed E-state index contributed by atoms with van der Waals surface area (Å²) in [6, 6.07) is 11.6. The van der Waals surface area contributed by atoms with Crippen LogP contribution < -0.4 is 15.6 Å². The van der Waals surface area contributed by atoms with E-state index < -0.39 is 11.5 Å². The van der Waals surface area contributed by atoms with Gasteiger partial charge in [-0.2, -0.15) is 0 Å². The fourth-order valence-electron chi connectivity index (χ4n) is 3.26. The first-order valence-corrected chi connectivity index (χ1v) is 12.6. The Balaban J connectivity index is 1.35. The van der Waals surface area contributed by atoms with Crippen molar-refractivity contribution in [3.8, 4) is 17.0 Å². The van der Waals surface area contributed by atoms with Crippen molar-refractivity contribution in [2.45, 2.75) is 18.1 Å². The van der Waals surface area contributed by atoms with E-state index in [1.165, 1.54) is 24.2 Å². The van der Waals surface area contributed by atoms with Crippen molar-refractivity contribution in [3.05, 3.63) is 86.2 Å². The number of carbonyl (C=O) groups is 1. The van der Waals surface area contributed by atoms with E-state index in [-0.39, 0.29) is 16.7 Å². The molecule has 4 rings (SSSR count). The number of halogens is 2. The summed E-state index contributed by atoms with van der Waals surface area (Å²) in [4.78, 5) is 39.5. The van der Waals surface area contributed by atoms with Gasteiger partial charge in [0.2, 0.25) is 5.95 Å². The van der Waals surface area contributed by atoms with Gasteiger partial charge in [0.05, 0.1) is 29.4 Å². The Morgan fingerprint density at radius 3 is 2.84 bits per heavy atom. The number of hydrogen-bond donors (Lipinski definition) is 2. The number of H-pyrrole nitrogens is 1. The number of hydrogen-bond acceptors (Lipinski definition) is 7. The highest BCUT2D eigenvalue weighted by Gasteiger charge is 2.15. The molecule has 13 heteroatoms. The van der Waals surface area contributed by atoms with Gasteiger partial charge in [0.25, 0.3) is 17.2 Å². The Labute approximate surface area is 225 Å². The highest BCUT2D eigenvalue weighted by atomic mass is 35.5. The lowest BCUT2D eigenvalue weighted by Gasteiger charge is -2.08. The molecule has 0 spiro atoms. The third kappa shape index (κ3) is 6.48. The summed E-state index contributed by atoms with van der Waals surface area (Å²) in [5, 5.41) is 7.91. The zero-order valence-corrected chi connectivity index (χ0v) is 21.7. The molecule has 188 valence electrons. The van der Waals surface area contributed by atoms with Gasteiger partial charge in [-0.25, -0.2) is 14.8 Å². The Hall–Kier alpha value is -3.85. The molecule has 2 N–H and O–H groups in total. The van der Waals surface area contributed by atoms with E-state index in [0.29, 0.717) is 51.5 Å². The molecule has 0 aliphatic heterocycles. The molecule has 1 amide bonds. The monoisotopic (exact) mass is 555 g/mol. The maximum Gasteiger partial charge on any atom is 0.276 e. The van der Waals surface area contributed by atoms with Crippen LogP contribution in [-0.2, 0) is 6.54 Å². The number of methoxy groups -OCH3 is 1. The molecule has 2 heterocycles. The predicted octanol–water partition coefficient (Wildman–Crippen LogP) is 5.33. The summed E-state index contributed by atoms with van der Waals surface area (Å²) in [6.45, 7) is 7.92. The third-order valence-corrected chi connectivity index (χ3v) is 6.74. The fourth-order valence-corrected chi connectivity index (χ4v) is 4.34. The predicted molar refractivity (Wildman–Crippen MR) is 143 cm³/mol. The van der Waals surface area contributed by atoms with Crippen LogP contribution in [0.3, 0.4) is 0 Å². The molecule has 2 aromatic heterocycles. The van der Waals surface area contributed by atoms with Gasteiger partial charge in [-0.15, -0.1) is 5.10 Å². The van der Waals surface area contributed by atoms with Crippen LogP contribution in [0.2, 0.25) is 10.0 Å². The lowest BCUT2D eigenvalue weighted by atomic mass is 10.1. The van der Waals surface area contributed by atoms with Crippen LogP contribution in [0.5, 0.6) is 5.75 Å². The second-order valence-electron chi connectivity index (χ2n) is 7.53. The van der Waals surface area contributed by atoms with E-state index in [1.807, 2.05) is 0 Å².